The average molecular weight is 341 g/mol. The lowest BCUT2D eigenvalue weighted by atomic mass is 10.1. The topological polar surface area (TPSA) is 83.6 Å². The first kappa shape index (κ1) is 15.7. The largest absolute Gasteiger partial charge is 0.320 e. The van der Waals surface area contributed by atoms with Crippen molar-refractivity contribution in [2.24, 2.45) is 0 Å². The molecule has 0 bridgehead atoms. The highest BCUT2D eigenvalue weighted by atomic mass is 16.1. The number of nitrogens with one attached hydrogen (secondary N) is 2. The number of amides is 1. The van der Waals surface area contributed by atoms with Crippen molar-refractivity contribution >= 4 is 34.6 Å². The lowest BCUT2D eigenvalue weighted by Gasteiger charge is -2.07. The number of aromatic nitrogens is 4. The zero-order valence-corrected chi connectivity index (χ0v) is 13.8. The van der Waals surface area contributed by atoms with Gasteiger partial charge in [0.05, 0.1) is 17.4 Å². The molecule has 6 nitrogen and oxygen atoms in total. The first-order valence-corrected chi connectivity index (χ1v) is 8.09. The molecule has 0 saturated heterocycles. The highest BCUT2D eigenvalue weighted by Gasteiger charge is 2.09. The van der Waals surface area contributed by atoms with Gasteiger partial charge in [-0.15, -0.1) is 0 Å². The monoisotopic (exact) mass is 341 g/mol. The van der Waals surface area contributed by atoms with Crippen LogP contribution in [0.25, 0.3) is 23.1 Å². The van der Waals surface area contributed by atoms with E-state index in [0.29, 0.717) is 5.69 Å². The van der Waals surface area contributed by atoms with Crippen LogP contribution >= 0.6 is 0 Å². The molecule has 4 rings (SSSR count). The molecule has 2 heterocycles. The summed E-state index contributed by atoms with van der Waals surface area (Å²) in [6, 6.07) is 15.5. The number of hydrogen-bond acceptors (Lipinski definition) is 4. The minimum absolute atomic E-state index is 0.268. The summed E-state index contributed by atoms with van der Waals surface area (Å²) in [4.78, 5) is 20.3. The zero-order chi connectivity index (χ0) is 17.8. The minimum Gasteiger partial charge on any atom is -0.320 e. The molecule has 2 aromatic heterocycles. The normalized spacial score (nSPS) is 11.1. The molecule has 1 amide bonds. The SMILES string of the molecule is O=C(Nc1ccccc1C=Cc1n[nH]c2ccccc12)c1cnccn1. The molecule has 2 N–H and O–H groups in total. The van der Waals surface area contributed by atoms with Crippen molar-refractivity contribution < 1.29 is 4.79 Å². The van der Waals surface area contributed by atoms with Gasteiger partial charge in [-0.3, -0.25) is 14.9 Å². The van der Waals surface area contributed by atoms with Crippen LogP contribution in [0.2, 0.25) is 0 Å². The number of carbonyl (C=O) groups is 1. The van der Waals surface area contributed by atoms with Gasteiger partial charge in [0, 0.05) is 23.5 Å². The van der Waals surface area contributed by atoms with Gasteiger partial charge in [-0.2, -0.15) is 5.10 Å². The third kappa shape index (κ3) is 3.21. The van der Waals surface area contributed by atoms with Gasteiger partial charge in [-0.05, 0) is 23.8 Å². The maximum atomic E-state index is 12.3. The van der Waals surface area contributed by atoms with Gasteiger partial charge in [-0.1, -0.05) is 42.5 Å². The van der Waals surface area contributed by atoms with Crippen LogP contribution in [0.5, 0.6) is 0 Å². The standard InChI is InChI=1S/C20H15N5O/c26-20(19-13-21-11-12-22-19)23-16-7-3-1-5-14(16)9-10-18-15-6-2-4-8-17(15)24-25-18/h1-13H,(H,23,26)(H,24,25). The molecule has 2 aromatic carbocycles. The van der Waals surface area contributed by atoms with E-state index >= 15 is 0 Å². The number of nitrogens with zero attached hydrogens (tertiary/aromatic N) is 3. The molecule has 0 aliphatic rings. The second-order valence-electron chi connectivity index (χ2n) is 5.62. The summed E-state index contributed by atoms with van der Waals surface area (Å²) in [6.07, 6.45) is 8.30. The predicted octanol–water partition coefficient (Wildman–Crippen LogP) is 3.78. The van der Waals surface area contributed by atoms with Gasteiger partial charge in [0.1, 0.15) is 5.69 Å². The first-order chi connectivity index (χ1) is 12.8. The molecule has 0 radical (unpaired) electrons. The van der Waals surface area contributed by atoms with E-state index < -0.39 is 0 Å². The smallest absolute Gasteiger partial charge is 0.275 e. The summed E-state index contributed by atoms with van der Waals surface area (Å²) in [5, 5.41) is 11.3. The van der Waals surface area contributed by atoms with E-state index in [-0.39, 0.29) is 11.6 Å². The second-order valence-corrected chi connectivity index (χ2v) is 5.62. The van der Waals surface area contributed by atoms with Crippen LogP contribution in [0.15, 0.2) is 67.1 Å². The molecule has 0 fully saturated rings. The van der Waals surface area contributed by atoms with Crippen molar-refractivity contribution in [3.8, 4) is 0 Å². The quantitative estimate of drug-likeness (QED) is 0.592. The van der Waals surface area contributed by atoms with Crippen LogP contribution in [0, 0.1) is 0 Å². The molecule has 26 heavy (non-hydrogen) atoms. The molecule has 0 unspecified atom stereocenters. The maximum absolute atomic E-state index is 12.3. The van der Waals surface area contributed by atoms with E-state index in [1.165, 1.54) is 18.6 Å². The number of aromatic amines is 1. The number of carbonyl (C=O) groups excluding carboxylic acids is 1. The second kappa shape index (κ2) is 6.98. The molecule has 4 aromatic rings. The van der Waals surface area contributed by atoms with Gasteiger partial charge >= 0.3 is 0 Å². The lowest BCUT2D eigenvalue weighted by molar-refractivity contribution is 0.102. The number of H-pyrrole nitrogens is 1. The van der Waals surface area contributed by atoms with Gasteiger partial charge in [-0.25, -0.2) is 4.98 Å². The van der Waals surface area contributed by atoms with Crippen LogP contribution in [0.3, 0.4) is 0 Å². The Bertz CT molecular complexity index is 1090. The number of rotatable bonds is 4. The van der Waals surface area contributed by atoms with Crippen LogP contribution in [0.4, 0.5) is 5.69 Å². The van der Waals surface area contributed by atoms with Crippen LogP contribution in [0.1, 0.15) is 21.7 Å². The minimum atomic E-state index is -0.302. The van der Waals surface area contributed by atoms with Gasteiger partial charge in [0.15, 0.2) is 0 Å². The number of para-hydroxylation sites is 2. The van der Waals surface area contributed by atoms with Crippen molar-refractivity contribution in [3.63, 3.8) is 0 Å². The molecule has 0 spiro atoms. The summed E-state index contributed by atoms with van der Waals surface area (Å²) < 4.78 is 0. The molecule has 126 valence electrons. The van der Waals surface area contributed by atoms with Crippen molar-refractivity contribution in [1.82, 2.24) is 20.2 Å². The Kier molecular flexibility index (Phi) is 4.22. The zero-order valence-electron chi connectivity index (χ0n) is 13.8. The van der Waals surface area contributed by atoms with Crippen molar-refractivity contribution in [2.75, 3.05) is 5.32 Å². The van der Waals surface area contributed by atoms with Crippen LogP contribution in [-0.2, 0) is 0 Å². The third-order valence-corrected chi connectivity index (χ3v) is 3.93. The summed E-state index contributed by atoms with van der Waals surface area (Å²) in [5.74, 6) is -0.302. The fraction of sp³-hybridized carbons (Fsp3) is 0. The van der Waals surface area contributed by atoms with E-state index in [4.69, 9.17) is 0 Å². The Morgan fingerprint density at radius 3 is 2.73 bits per heavy atom. The van der Waals surface area contributed by atoms with Crippen LogP contribution < -0.4 is 5.32 Å². The van der Waals surface area contributed by atoms with Crippen molar-refractivity contribution in [1.29, 1.82) is 0 Å². The van der Waals surface area contributed by atoms with Gasteiger partial charge < -0.3 is 5.32 Å². The number of anilines is 1. The molecular formula is C20H15N5O. The van der Waals surface area contributed by atoms with E-state index in [2.05, 4.69) is 25.5 Å². The molecule has 0 aliphatic carbocycles. The highest BCUT2D eigenvalue weighted by Crippen LogP contribution is 2.21. The number of benzene rings is 2. The average Bonchev–Trinajstić information content (AvgIpc) is 3.11. The Labute approximate surface area is 149 Å². The summed E-state index contributed by atoms with van der Waals surface area (Å²) in [6.45, 7) is 0. The fourth-order valence-corrected chi connectivity index (χ4v) is 2.64. The Balaban J connectivity index is 1.61. The van der Waals surface area contributed by atoms with Crippen LogP contribution in [-0.4, -0.2) is 26.1 Å². The lowest BCUT2D eigenvalue weighted by Crippen LogP contribution is -2.14. The summed E-state index contributed by atoms with van der Waals surface area (Å²) >= 11 is 0. The maximum Gasteiger partial charge on any atom is 0.275 e. The van der Waals surface area contributed by atoms with E-state index in [1.54, 1.807) is 0 Å². The Morgan fingerprint density at radius 2 is 1.85 bits per heavy atom. The molecule has 0 saturated carbocycles. The summed E-state index contributed by atoms with van der Waals surface area (Å²) in [7, 11) is 0. The first-order valence-electron chi connectivity index (χ1n) is 8.09. The highest BCUT2D eigenvalue weighted by molar-refractivity contribution is 6.04. The fourth-order valence-electron chi connectivity index (χ4n) is 2.64. The molecule has 0 aliphatic heterocycles. The van der Waals surface area contributed by atoms with Crippen molar-refractivity contribution in [3.05, 3.63) is 84.1 Å². The Morgan fingerprint density at radius 1 is 1.00 bits per heavy atom. The van der Waals surface area contributed by atoms with E-state index in [1.807, 2.05) is 60.7 Å². The van der Waals surface area contributed by atoms with Crippen molar-refractivity contribution in [2.45, 2.75) is 0 Å². The van der Waals surface area contributed by atoms with E-state index in [9.17, 15) is 4.79 Å². The molecular weight excluding hydrogens is 326 g/mol. The molecule has 0 atom stereocenters. The van der Waals surface area contributed by atoms with Gasteiger partial charge in [0.2, 0.25) is 0 Å². The Hall–Kier alpha value is -3.80. The number of hydrogen-bond donors (Lipinski definition) is 2. The number of fused-ring (bicyclic) bond motifs is 1. The molecule has 6 heteroatoms. The third-order valence-electron chi connectivity index (χ3n) is 3.93. The van der Waals surface area contributed by atoms with E-state index in [0.717, 1.165) is 22.2 Å². The summed E-state index contributed by atoms with van der Waals surface area (Å²) in [5.41, 5.74) is 3.66. The van der Waals surface area contributed by atoms with Gasteiger partial charge in [0.25, 0.3) is 5.91 Å². The predicted molar refractivity (Wildman–Crippen MR) is 101 cm³/mol.